The molecule has 2 amide bonds. The van der Waals surface area contributed by atoms with Crippen molar-refractivity contribution in [2.45, 2.75) is 24.2 Å². The van der Waals surface area contributed by atoms with E-state index in [2.05, 4.69) is 5.32 Å². The number of carbonyl (C=O) groups excluding carboxylic acids is 2. The van der Waals surface area contributed by atoms with Gasteiger partial charge in [-0.15, -0.1) is 11.8 Å². The zero-order valence-electron chi connectivity index (χ0n) is 17.5. The second kappa shape index (κ2) is 10.9. The highest BCUT2D eigenvalue weighted by atomic mass is 32.2. The van der Waals surface area contributed by atoms with Crippen LogP contribution in [0.15, 0.2) is 47.4 Å². The molecule has 1 aliphatic heterocycles. The maximum atomic E-state index is 12.7. The van der Waals surface area contributed by atoms with Crippen molar-refractivity contribution < 1.29 is 19.1 Å². The first-order valence-corrected chi connectivity index (χ1v) is 11.1. The number of benzene rings is 2. The van der Waals surface area contributed by atoms with E-state index in [1.807, 2.05) is 41.3 Å². The first kappa shape index (κ1) is 22.0. The van der Waals surface area contributed by atoms with E-state index in [0.29, 0.717) is 35.8 Å². The number of nitrogens with zero attached hydrogens (tertiary/aromatic N) is 1. The Morgan fingerprint density at radius 1 is 1.03 bits per heavy atom. The lowest BCUT2D eigenvalue weighted by atomic mass is 10.1. The summed E-state index contributed by atoms with van der Waals surface area (Å²) in [5, 5.41) is 2.98. The van der Waals surface area contributed by atoms with E-state index >= 15 is 0 Å². The van der Waals surface area contributed by atoms with Gasteiger partial charge >= 0.3 is 0 Å². The summed E-state index contributed by atoms with van der Waals surface area (Å²) in [6, 6.07) is 13.2. The summed E-state index contributed by atoms with van der Waals surface area (Å²) in [5.41, 5.74) is 1.65. The van der Waals surface area contributed by atoms with Crippen LogP contribution in [0.4, 0.5) is 0 Å². The van der Waals surface area contributed by atoms with Gasteiger partial charge in [0.15, 0.2) is 11.5 Å². The molecule has 2 aromatic rings. The summed E-state index contributed by atoms with van der Waals surface area (Å²) < 4.78 is 10.6. The molecule has 1 N–H and O–H groups in total. The van der Waals surface area contributed by atoms with Crippen LogP contribution in [0.1, 0.15) is 28.8 Å². The Kier molecular flexibility index (Phi) is 8.02. The summed E-state index contributed by atoms with van der Waals surface area (Å²) in [6.07, 6.45) is 2.83. The molecule has 6 nitrogen and oxygen atoms in total. The molecule has 160 valence electrons. The van der Waals surface area contributed by atoms with Crippen molar-refractivity contribution in [3.05, 3.63) is 53.6 Å². The fraction of sp³-hybridized carbons (Fsp3) is 0.391. The first-order valence-electron chi connectivity index (χ1n) is 10.1. The van der Waals surface area contributed by atoms with Gasteiger partial charge in [0, 0.05) is 24.5 Å². The molecular weight excluding hydrogens is 400 g/mol. The molecule has 0 atom stereocenters. The van der Waals surface area contributed by atoms with E-state index < -0.39 is 0 Å². The molecule has 7 heteroatoms. The van der Waals surface area contributed by atoms with E-state index in [1.54, 1.807) is 20.3 Å². The van der Waals surface area contributed by atoms with Crippen molar-refractivity contribution in [3.8, 4) is 11.5 Å². The molecular formula is C23H28N2O4S. The largest absolute Gasteiger partial charge is 0.493 e. The van der Waals surface area contributed by atoms with E-state index in [1.165, 1.54) is 11.8 Å². The Labute approximate surface area is 181 Å². The molecule has 0 spiro atoms. The normalized spacial score (nSPS) is 13.2. The molecule has 30 heavy (non-hydrogen) atoms. The zero-order valence-corrected chi connectivity index (χ0v) is 18.3. The van der Waals surface area contributed by atoms with E-state index in [0.717, 1.165) is 36.4 Å². The van der Waals surface area contributed by atoms with Gasteiger partial charge in [0.25, 0.3) is 5.91 Å². The molecule has 1 heterocycles. The van der Waals surface area contributed by atoms with Crippen molar-refractivity contribution in [1.29, 1.82) is 0 Å². The van der Waals surface area contributed by atoms with Crippen LogP contribution in [-0.2, 0) is 11.2 Å². The number of nitrogens with one attached hydrogen (secondary N) is 1. The number of rotatable bonds is 9. The minimum Gasteiger partial charge on any atom is -0.493 e. The number of methoxy groups -OCH3 is 2. The van der Waals surface area contributed by atoms with Crippen LogP contribution >= 0.6 is 11.8 Å². The summed E-state index contributed by atoms with van der Waals surface area (Å²) >= 11 is 1.43. The van der Waals surface area contributed by atoms with Crippen molar-refractivity contribution in [2.75, 3.05) is 39.6 Å². The van der Waals surface area contributed by atoms with Gasteiger partial charge in [-0.3, -0.25) is 9.59 Å². The molecule has 0 aliphatic carbocycles. The average Bonchev–Trinajstić information content (AvgIpc) is 3.32. The Hall–Kier alpha value is -2.67. The van der Waals surface area contributed by atoms with E-state index in [-0.39, 0.29) is 11.8 Å². The highest BCUT2D eigenvalue weighted by Gasteiger charge is 2.19. The van der Waals surface area contributed by atoms with Crippen LogP contribution in [0, 0.1) is 0 Å². The second-order valence-electron chi connectivity index (χ2n) is 7.07. The predicted octanol–water partition coefficient (Wildman–Crippen LogP) is 3.39. The third-order valence-electron chi connectivity index (χ3n) is 5.09. The number of ether oxygens (including phenoxy) is 2. The first-order chi connectivity index (χ1) is 14.6. The lowest BCUT2D eigenvalue weighted by molar-refractivity contribution is -0.127. The molecule has 1 aliphatic rings. The standard InChI is InChI=1S/C23H28N2O4S/c1-28-19-10-9-17(15-20(19)29-2)11-12-24-23(27)18-7-3-4-8-21(18)30-16-22(26)25-13-5-6-14-25/h3-4,7-10,15H,5-6,11-14,16H2,1-2H3,(H,24,27). The predicted molar refractivity (Wildman–Crippen MR) is 119 cm³/mol. The van der Waals surface area contributed by atoms with Crippen molar-refractivity contribution in [2.24, 2.45) is 0 Å². The van der Waals surface area contributed by atoms with Gasteiger partial charge in [0.2, 0.25) is 5.91 Å². The van der Waals surface area contributed by atoms with Gasteiger partial charge in [-0.25, -0.2) is 0 Å². The number of hydrogen-bond acceptors (Lipinski definition) is 5. The lowest BCUT2D eigenvalue weighted by Gasteiger charge is -2.15. The van der Waals surface area contributed by atoms with Crippen LogP contribution in [0.2, 0.25) is 0 Å². The molecule has 0 bridgehead atoms. The fourth-order valence-corrected chi connectivity index (χ4v) is 4.38. The van der Waals surface area contributed by atoms with Gasteiger partial charge in [-0.05, 0) is 49.1 Å². The maximum absolute atomic E-state index is 12.7. The van der Waals surface area contributed by atoms with Crippen LogP contribution in [-0.4, -0.2) is 56.3 Å². The minimum atomic E-state index is -0.132. The summed E-state index contributed by atoms with van der Waals surface area (Å²) in [7, 11) is 3.21. The van der Waals surface area contributed by atoms with Crippen molar-refractivity contribution in [3.63, 3.8) is 0 Å². The molecule has 0 aromatic heterocycles. The highest BCUT2D eigenvalue weighted by Crippen LogP contribution is 2.28. The lowest BCUT2D eigenvalue weighted by Crippen LogP contribution is -2.29. The zero-order chi connectivity index (χ0) is 21.3. The summed E-state index contributed by atoms with van der Waals surface area (Å²) in [4.78, 5) is 27.8. The van der Waals surface area contributed by atoms with Gasteiger partial charge < -0.3 is 19.7 Å². The second-order valence-corrected chi connectivity index (χ2v) is 8.09. The molecule has 1 fully saturated rings. The number of thioether (sulfide) groups is 1. The van der Waals surface area contributed by atoms with Gasteiger partial charge in [-0.1, -0.05) is 18.2 Å². The molecule has 0 saturated carbocycles. The molecule has 2 aromatic carbocycles. The third-order valence-corrected chi connectivity index (χ3v) is 6.15. The fourth-order valence-electron chi connectivity index (χ4n) is 3.43. The van der Waals surface area contributed by atoms with Crippen LogP contribution in [0.3, 0.4) is 0 Å². The average molecular weight is 429 g/mol. The van der Waals surface area contributed by atoms with Gasteiger partial charge in [0.05, 0.1) is 25.5 Å². The van der Waals surface area contributed by atoms with Crippen molar-refractivity contribution in [1.82, 2.24) is 10.2 Å². The van der Waals surface area contributed by atoms with E-state index in [9.17, 15) is 9.59 Å². The molecule has 1 saturated heterocycles. The van der Waals surface area contributed by atoms with Crippen molar-refractivity contribution >= 4 is 23.6 Å². The third kappa shape index (κ3) is 5.69. The minimum absolute atomic E-state index is 0.132. The van der Waals surface area contributed by atoms with Gasteiger partial charge in [0.1, 0.15) is 0 Å². The maximum Gasteiger partial charge on any atom is 0.252 e. The molecule has 0 radical (unpaired) electrons. The Bertz CT molecular complexity index is 881. The van der Waals surface area contributed by atoms with E-state index in [4.69, 9.17) is 9.47 Å². The molecule has 0 unspecified atom stereocenters. The van der Waals surface area contributed by atoms with Crippen LogP contribution in [0.5, 0.6) is 11.5 Å². The summed E-state index contributed by atoms with van der Waals surface area (Å²) in [6.45, 7) is 2.19. The van der Waals surface area contributed by atoms with Gasteiger partial charge in [-0.2, -0.15) is 0 Å². The van der Waals surface area contributed by atoms with Crippen LogP contribution in [0.25, 0.3) is 0 Å². The Morgan fingerprint density at radius 3 is 2.50 bits per heavy atom. The number of carbonyl (C=O) groups is 2. The quantitative estimate of drug-likeness (QED) is 0.620. The number of hydrogen-bond donors (Lipinski definition) is 1. The van der Waals surface area contributed by atoms with Crippen LogP contribution < -0.4 is 14.8 Å². The topological polar surface area (TPSA) is 67.9 Å². The SMILES string of the molecule is COc1ccc(CCNC(=O)c2ccccc2SCC(=O)N2CCCC2)cc1OC. The molecule has 3 rings (SSSR count). The smallest absolute Gasteiger partial charge is 0.252 e. The Balaban J connectivity index is 1.54. The number of amides is 2. The summed E-state index contributed by atoms with van der Waals surface area (Å²) in [5.74, 6) is 1.72. The monoisotopic (exact) mass is 428 g/mol. The number of likely N-dealkylation sites (tertiary alicyclic amines) is 1. The highest BCUT2D eigenvalue weighted by molar-refractivity contribution is 8.00. The Morgan fingerprint density at radius 2 is 1.77 bits per heavy atom.